The molecule has 1 aliphatic carbocycles. The van der Waals surface area contributed by atoms with Crippen LogP contribution < -0.4 is 4.74 Å². The van der Waals surface area contributed by atoms with E-state index in [1.807, 2.05) is 20.8 Å². The lowest BCUT2D eigenvalue weighted by molar-refractivity contribution is -0.00677. The Morgan fingerprint density at radius 3 is 2.36 bits per heavy atom. The summed E-state index contributed by atoms with van der Waals surface area (Å²) in [4.78, 5) is 15.9. The molecule has 1 aromatic carbocycles. The second kappa shape index (κ2) is 10.1. The number of amides is 1. The number of carbonyl (C=O) groups excluding carboxylic acids is 1. The van der Waals surface area contributed by atoms with Gasteiger partial charge in [-0.1, -0.05) is 0 Å². The first-order valence-corrected chi connectivity index (χ1v) is 13.2. The number of nitrogens with zero attached hydrogens (tertiary/aromatic N) is 2. The number of piperazine rings is 1. The molecule has 1 saturated heterocycles. The van der Waals surface area contributed by atoms with Crippen LogP contribution in [0.2, 0.25) is 0 Å². The fraction of sp³-hybridized carbons (Fsp3) is 0.696. The molecule has 0 spiro atoms. The molecule has 0 radical (unpaired) electrons. The number of sulfone groups is 1. The summed E-state index contributed by atoms with van der Waals surface area (Å²) >= 11 is 0. The third kappa shape index (κ3) is 7.02. The lowest BCUT2D eigenvalue weighted by Gasteiger charge is -2.43. The minimum absolute atomic E-state index is 0.0294. The molecule has 3 unspecified atom stereocenters. The molecule has 10 heteroatoms. The van der Waals surface area contributed by atoms with Crippen molar-refractivity contribution in [1.82, 2.24) is 9.80 Å². The predicted molar refractivity (Wildman–Crippen MR) is 120 cm³/mol. The molecule has 0 N–H and O–H groups in total. The van der Waals surface area contributed by atoms with Gasteiger partial charge in [0.1, 0.15) is 11.8 Å². The minimum atomic E-state index is -3.50. The molecule has 3 atom stereocenters. The highest BCUT2D eigenvalue weighted by Crippen LogP contribution is 2.32. The standard InChI is InChI=1S/C23H34F2N2O5S/c1-23(2,3)32-22(28)27-11-9-26(10-12-27)20-7-5-16(13-18(20)24)15-31-21-8-6-17(14-19(21)25)33(4,29)30/h6,8,14,16,18,20H,5,7,9-13,15H2,1-4H3. The molecule has 0 aromatic heterocycles. The Labute approximate surface area is 194 Å². The Bertz CT molecular complexity index is 943. The third-order valence-electron chi connectivity index (χ3n) is 6.09. The number of hydrogen-bond donors (Lipinski definition) is 0. The normalized spacial score (nSPS) is 25.0. The maximum atomic E-state index is 15.0. The molecule has 2 aliphatic rings. The zero-order valence-corrected chi connectivity index (χ0v) is 20.5. The van der Waals surface area contributed by atoms with Crippen LogP contribution in [0.5, 0.6) is 5.75 Å². The van der Waals surface area contributed by atoms with E-state index in [-0.39, 0.29) is 35.3 Å². The lowest BCUT2D eigenvalue weighted by atomic mass is 9.84. The number of ether oxygens (including phenoxy) is 2. The largest absolute Gasteiger partial charge is 0.490 e. The fourth-order valence-electron chi connectivity index (χ4n) is 4.34. The van der Waals surface area contributed by atoms with Crippen LogP contribution in [-0.2, 0) is 14.6 Å². The van der Waals surface area contributed by atoms with Crippen LogP contribution in [0.25, 0.3) is 0 Å². The fourth-order valence-corrected chi connectivity index (χ4v) is 4.98. The van der Waals surface area contributed by atoms with Crippen LogP contribution in [0.1, 0.15) is 40.0 Å². The maximum absolute atomic E-state index is 15.0. The van der Waals surface area contributed by atoms with Crippen LogP contribution in [0.15, 0.2) is 23.1 Å². The summed E-state index contributed by atoms with van der Waals surface area (Å²) in [6, 6.07) is 3.34. The second-order valence-corrected chi connectivity index (χ2v) is 12.0. The Morgan fingerprint density at radius 2 is 1.82 bits per heavy atom. The van der Waals surface area contributed by atoms with Gasteiger partial charge in [-0.2, -0.15) is 0 Å². The van der Waals surface area contributed by atoms with Crippen molar-refractivity contribution in [2.45, 2.75) is 62.7 Å². The number of hydrogen-bond acceptors (Lipinski definition) is 6. The van der Waals surface area contributed by atoms with Gasteiger partial charge in [0.25, 0.3) is 0 Å². The number of carbonyl (C=O) groups is 1. The molecule has 186 valence electrons. The Morgan fingerprint density at radius 1 is 1.15 bits per heavy atom. The maximum Gasteiger partial charge on any atom is 0.410 e. The van der Waals surface area contributed by atoms with Gasteiger partial charge in [0.15, 0.2) is 21.4 Å². The molecule has 33 heavy (non-hydrogen) atoms. The molecule has 0 bridgehead atoms. The number of rotatable bonds is 5. The monoisotopic (exact) mass is 488 g/mol. The first kappa shape index (κ1) is 25.7. The number of halogens is 2. The third-order valence-corrected chi connectivity index (χ3v) is 7.20. The van der Waals surface area contributed by atoms with Crippen molar-refractivity contribution in [2.24, 2.45) is 5.92 Å². The van der Waals surface area contributed by atoms with Crippen LogP contribution in [0.3, 0.4) is 0 Å². The second-order valence-electron chi connectivity index (χ2n) is 9.94. The van der Waals surface area contributed by atoms with Gasteiger partial charge in [-0.05, 0) is 64.2 Å². The van der Waals surface area contributed by atoms with Gasteiger partial charge < -0.3 is 14.4 Å². The Kier molecular flexibility index (Phi) is 7.88. The highest BCUT2D eigenvalue weighted by atomic mass is 32.2. The summed E-state index contributed by atoms with van der Waals surface area (Å²) in [5.41, 5.74) is -0.544. The van der Waals surface area contributed by atoms with Crippen molar-refractivity contribution in [1.29, 1.82) is 0 Å². The van der Waals surface area contributed by atoms with E-state index < -0.39 is 27.4 Å². The average Bonchev–Trinajstić information content (AvgIpc) is 2.71. The van der Waals surface area contributed by atoms with Gasteiger partial charge in [-0.15, -0.1) is 0 Å². The molecule has 1 saturated carbocycles. The quantitative estimate of drug-likeness (QED) is 0.630. The van der Waals surface area contributed by atoms with Crippen molar-refractivity contribution in [3.63, 3.8) is 0 Å². The molecule has 1 amide bonds. The summed E-state index contributed by atoms with van der Waals surface area (Å²) in [6.45, 7) is 7.88. The van der Waals surface area contributed by atoms with Gasteiger partial charge in [-0.25, -0.2) is 22.0 Å². The minimum Gasteiger partial charge on any atom is -0.490 e. The van der Waals surface area contributed by atoms with E-state index in [1.165, 1.54) is 12.1 Å². The SMILES string of the molecule is CC(C)(C)OC(=O)N1CCN(C2CCC(COc3ccc(S(C)(=O)=O)cc3F)CC2F)CC1. The molecule has 7 nitrogen and oxygen atoms in total. The van der Waals surface area contributed by atoms with Gasteiger partial charge in [0.2, 0.25) is 0 Å². The molecular weight excluding hydrogens is 454 g/mol. The molecule has 2 fully saturated rings. The zero-order valence-electron chi connectivity index (χ0n) is 19.7. The predicted octanol–water partition coefficient (Wildman–Crippen LogP) is 3.67. The van der Waals surface area contributed by atoms with Crippen LogP contribution in [-0.4, -0.2) is 81.2 Å². The van der Waals surface area contributed by atoms with Gasteiger partial charge >= 0.3 is 6.09 Å². The molecule has 1 aliphatic heterocycles. The van der Waals surface area contributed by atoms with Crippen molar-refractivity contribution in [3.8, 4) is 5.75 Å². The average molecular weight is 489 g/mol. The molecule has 1 aromatic rings. The van der Waals surface area contributed by atoms with E-state index in [0.29, 0.717) is 39.0 Å². The van der Waals surface area contributed by atoms with E-state index in [2.05, 4.69) is 4.90 Å². The topological polar surface area (TPSA) is 76.2 Å². The van der Waals surface area contributed by atoms with E-state index in [1.54, 1.807) is 4.90 Å². The first-order valence-electron chi connectivity index (χ1n) is 11.3. The summed E-state index contributed by atoms with van der Waals surface area (Å²) < 4.78 is 63.2. The van der Waals surface area contributed by atoms with E-state index in [4.69, 9.17) is 9.47 Å². The first-order chi connectivity index (χ1) is 15.3. The number of alkyl halides is 1. The summed E-state index contributed by atoms with van der Waals surface area (Å²) in [6.07, 6.45) is 1.38. The molecular formula is C23H34F2N2O5S. The van der Waals surface area contributed by atoms with Crippen LogP contribution in [0, 0.1) is 11.7 Å². The van der Waals surface area contributed by atoms with Crippen molar-refractivity contribution >= 4 is 15.9 Å². The van der Waals surface area contributed by atoms with Crippen molar-refractivity contribution < 1.29 is 31.5 Å². The highest BCUT2D eigenvalue weighted by molar-refractivity contribution is 7.90. The smallest absolute Gasteiger partial charge is 0.410 e. The van der Waals surface area contributed by atoms with Crippen molar-refractivity contribution in [3.05, 3.63) is 24.0 Å². The summed E-state index contributed by atoms with van der Waals surface area (Å²) in [7, 11) is -3.50. The van der Waals surface area contributed by atoms with Crippen LogP contribution >= 0.6 is 0 Å². The lowest BCUT2D eigenvalue weighted by Crippen LogP contribution is -2.56. The Hall–Kier alpha value is -1.94. The van der Waals surface area contributed by atoms with E-state index in [9.17, 15) is 17.6 Å². The van der Waals surface area contributed by atoms with Crippen molar-refractivity contribution in [2.75, 3.05) is 39.0 Å². The Balaban J connectivity index is 1.46. The molecule has 3 rings (SSSR count). The number of benzene rings is 1. The van der Waals surface area contributed by atoms with E-state index in [0.717, 1.165) is 18.7 Å². The van der Waals surface area contributed by atoms with E-state index >= 15 is 4.39 Å². The van der Waals surface area contributed by atoms with Gasteiger partial charge in [-0.3, -0.25) is 4.90 Å². The van der Waals surface area contributed by atoms with Gasteiger partial charge in [0, 0.05) is 38.5 Å². The van der Waals surface area contributed by atoms with Gasteiger partial charge in [0.05, 0.1) is 11.5 Å². The summed E-state index contributed by atoms with van der Waals surface area (Å²) in [5.74, 6) is -0.822. The summed E-state index contributed by atoms with van der Waals surface area (Å²) in [5, 5.41) is 0. The zero-order chi connectivity index (χ0) is 24.4. The highest BCUT2D eigenvalue weighted by Gasteiger charge is 2.37. The molecule has 1 heterocycles. The van der Waals surface area contributed by atoms with Crippen LogP contribution in [0.4, 0.5) is 13.6 Å².